The number of carbonyl (C=O) groups excluding carboxylic acids is 2. The van der Waals surface area contributed by atoms with E-state index in [0.717, 1.165) is 5.01 Å². The summed E-state index contributed by atoms with van der Waals surface area (Å²) in [5.41, 5.74) is 0.575. The van der Waals surface area contributed by atoms with Crippen LogP contribution in [0.25, 0.3) is 5.69 Å². The molecule has 0 saturated carbocycles. The highest BCUT2D eigenvalue weighted by atomic mass is 32.2. The summed E-state index contributed by atoms with van der Waals surface area (Å²) in [4.78, 5) is 24.7. The van der Waals surface area contributed by atoms with Crippen molar-refractivity contribution in [2.75, 3.05) is 16.8 Å². The predicted octanol–water partition coefficient (Wildman–Crippen LogP) is 1.12. The van der Waals surface area contributed by atoms with Gasteiger partial charge >= 0.3 is 0 Å². The maximum absolute atomic E-state index is 14.3. The summed E-state index contributed by atoms with van der Waals surface area (Å²) in [7, 11) is -3.19. The number of halogens is 1. The molecule has 1 saturated heterocycles. The molecule has 1 N–H and O–H groups in total. The number of carbonyl (C=O) groups is 2. The van der Waals surface area contributed by atoms with Crippen LogP contribution in [-0.2, 0) is 19.4 Å². The first-order valence-corrected chi connectivity index (χ1v) is 10.9. The molecular formula is C18H18FN5O4S. The number of hydrogen-bond donors (Lipinski definition) is 1. The molecule has 11 heteroatoms. The van der Waals surface area contributed by atoms with Gasteiger partial charge in [-0.05, 0) is 30.7 Å². The van der Waals surface area contributed by atoms with Crippen molar-refractivity contribution in [3.8, 4) is 5.69 Å². The first-order chi connectivity index (χ1) is 13.8. The number of rotatable bonds is 4. The fourth-order valence-corrected chi connectivity index (χ4v) is 5.07. The first-order valence-electron chi connectivity index (χ1n) is 9.03. The highest BCUT2D eigenvalue weighted by Crippen LogP contribution is 2.23. The number of hydrazone groups is 1. The number of nitrogens with one attached hydrogen (secondary N) is 1. The van der Waals surface area contributed by atoms with Gasteiger partial charge in [-0.1, -0.05) is 0 Å². The summed E-state index contributed by atoms with van der Waals surface area (Å²) >= 11 is 0. The topological polar surface area (TPSA) is 114 Å². The number of benzene rings is 1. The van der Waals surface area contributed by atoms with Gasteiger partial charge in [0.05, 0.1) is 17.5 Å². The van der Waals surface area contributed by atoms with Gasteiger partial charge in [0.2, 0.25) is 5.91 Å². The van der Waals surface area contributed by atoms with Gasteiger partial charge < -0.3 is 5.32 Å². The van der Waals surface area contributed by atoms with E-state index in [9.17, 15) is 22.4 Å². The average molecular weight is 419 g/mol. The molecule has 29 heavy (non-hydrogen) atoms. The zero-order valence-electron chi connectivity index (χ0n) is 15.3. The van der Waals surface area contributed by atoms with Gasteiger partial charge in [0.1, 0.15) is 11.4 Å². The van der Waals surface area contributed by atoms with Crippen LogP contribution in [0.15, 0.2) is 41.8 Å². The van der Waals surface area contributed by atoms with Gasteiger partial charge in [-0.3, -0.25) is 9.59 Å². The largest absolute Gasteiger partial charge is 0.321 e. The fraction of sp³-hybridized carbons (Fsp3) is 0.333. The van der Waals surface area contributed by atoms with Gasteiger partial charge in [0.15, 0.2) is 15.7 Å². The molecule has 3 heterocycles. The van der Waals surface area contributed by atoms with Gasteiger partial charge in [-0.15, -0.1) is 0 Å². The van der Waals surface area contributed by atoms with Crippen molar-refractivity contribution in [1.82, 2.24) is 14.8 Å². The lowest BCUT2D eigenvalue weighted by molar-refractivity contribution is -0.133. The zero-order chi connectivity index (χ0) is 20.6. The highest BCUT2D eigenvalue weighted by molar-refractivity contribution is 7.91. The molecule has 1 fully saturated rings. The van der Waals surface area contributed by atoms with Crippen LogP contribution in [0.4, 0.5) is 10.1 Å². The summed E-state index contributed by atoms with van der Waals surface area (Å²) in [6.07, 6.45) is 3.62. The lowest BCUT2D eigenvalue weighted by atomic mass is 10.1. The Labute approximate surface area is 166 Å². The number of aromatic nitrogens is 2. The van der Waals surface area contributed by atoms with E-state index in [1.54, 1.807) is 12.3 Å². The summed E-state index contributed by atoms with van der Waals surface area (Å²) < 4.78 is 39.1. The standard InChI is InChI=1S/C18H18FN5O4S/c19-14-10-12(2-4-16(14)23-8-1-7-20-23)21-18(26)15-3-5-17(25)24(22-15)13-6-9-29(27,28)11-13/h1-2,4,7-8,10,13H,3,5-6,9,11H2,(H,21,26). The van der Waals surface area contributed by atoms with Crippen molar-refractivity contribution in [1.29, 1.82) is 0 Å². The van der Waals surface area contributed by atoms with E-state index in [1.165, 1.54) is 29.1 Å². The molecule has 2 amide bonds. The lowest BCUT2D eigenvalue weighted by Crippen LogP contribution is -2.42. The molecule has 0 radical (unpaired) electrons. The summed E-state index contributed by atoms with van der Waals surface area (Å²) in [6, 6.07) is 5.30. The van der Waals surface area contributed by atoms with E-state index in [2.05, 4.69) is 15.5 Å². The highest BCUT2D eigenvalue weighted by Gasteiger charge is 2.37. The minimum atomic E-state index is -3.19. The van der Waals surface area contributed by atoms with Crippen LogP contribution in [-0.4, -0.2) is 58.3 Å². The van der Waals surface area contributed by atoms with Crippen LogP contribution in [0.1, 0.15) is 19.3 Å². The quantitative estimate of drug-likeness (QED) is 0.798. The first kappa shape index (κ1) is 19.2. The zero-order valence-corrected chi connectivity index (χ0v) is 16.1. The Balaban J connectivity index is 1.50. The third-order valence-corrected chi connectivity index (χ3v) is 6.58. The molecule has 1 unspecified atom stereocenters. The Morgan fingerprint density at radius 2 is 2.10 bits per heavy atom. The summed E-state index contributed by atoms with van der Waals surface area (Å²) in [6.45, 7) is 0. The minimum Gasteiger partial charge on any atom is -0.321 e. The smallest absolute Gasteiger partial charge is 0.271 e. The SMILES string of the molecule is O=C(Nc1ccc(-n2cccn2)c(F)c1)C1=NN(C2CCS(=O)(=O)C2)C(=O)CC1. The maximum atomic E-state index is 14.3. The monoisotopic (exact) mass is 419 g/mol. The minimum absolute atomic E-state index is 0.000371. The number of anilines is 1. The second kappa shape index (κ2) is 7.39. The van der Waals surface area contributed by atoms with Gasteiger partial charge in [-0.25, -0.2) is 22.5 Å². The molecule has 1 atom stereocenters. The molecule has 4 rings (SSSR count). The Hall–Kier alpha value is -3.08. The molecule has 0 bridgehead atoms. The van der Waals surface area contributed by atoms with Gasteiger partial charge in [0, 0.05) is 30.9 Å². The molecule has 2 aromatic rings. The van der Waals surface area contributed by atoms with E-state index < -0.39 is 27.6 Å². The molecule has 0 aliphatic carbocycles. The van der Waals surface area contributed by atoms with Crippen molar-refractivity contribution >= 4 is 33.1 Å². The average Bonchev–Trinajstić information content (AvgIpc) is 3.32. The second-order valence-corrected chi connectivity index (χ2v) is 9.14. The third-order valence-electron chi connectivity index (χ3n) is 4.83. The van der Waals surface area contributed by atoms with Crippen LogP contribution in [0.2, 0.25) is 0 Å². The lowest BCUT2D eigenvalue weighted by Gasteiger charge is -2.27. The van der Waals surface area contributed by atoms with Crippen LogP contribution >= 0.6 is 0 Å². The van der Waals surface area contributed by atoms with Crippen LogP contribution < -0.4 is 5.32 Å². The molecule has 152 valence electrons. The third kappa shape index (κ3) is 4.04. The molecule has 9 nitrogen and oxygen atoms in total. The van der Waals surface area contributed by atoms with E-state index in [0.29, 0.717) is 6.42 Å². The van der Waals surface area contributed by atoms with Crippen molar-refractivity contribution in [2.24, 2.45) is 5.10 Å². The summed E-state index contributed by atoms with van der Waals surface area (Å²) in [5.74, 6) is -1.59. The molecule has 1 aromatic carbocycles. The Morgan fingerprint density at radius 1 is 1.28 bits per heavy atom. The van der Waals surface area contributed by atoms with Crippen molar-refractivity contribution in [3.05, 3.63) is 42.5 Å². The molecule has 2 aliphatic rings. The van der Waals surface area contributed by atoms with E-state index in [1.807, 2.05) is 0 Å². The van der Waals surface area contributed by atoms with Crippen molar-refractivity contribution in [2.45, 2.75) is 25.3 Å². The van der Waals surface area contributed by atoms with E-state index in [4.69, 9.17) is 0 Å². The van der Waals surface area contributed by atoms with Crippen molar-refractivity contribution in [3.63, 3.8) is 0 Å². The predicted molar refractivity (Wildman–Crippen MR) is 103 cm³/mol. The molecule has 1 aromatic heterocycles. The van der Waals surface area contributed by atoms with E-state index >= 15 is 0 Å². The maximum Gasteiger partial charge on any atom is 0.271 e. The Bertz CT molecular complexity index is 1100. The summed E-state index contributed by atoms with van der Waals surface area (Å²) in [5, 5.41) is 11.8. The fourth-order valence-electron chi connectivity index (χ4n) is 3.37. The van der Waals surface area contributed by atoms with Gasteiger partial charge in [-0.2, -0.15) is 10.2 Å². The van der Waals surface area contributed by atoms with Crippen LogP contribution in [0.3, 0.4) is 0 Å². The number of amides is 2. The number of nitrogens with zero attached hydrogens (tertiary/aromatic N) is 4. The van der Waals surface area contributed by atoms with Crippen LogP contribution in [0, 0.1) is 5.82 Å². The van der Waals surface area contributed by atoms with Gasteiger partial charge in [0.25, 0.3) is 5.91 Å². The molecule has 2 aliphatic heterocycles. The Kier molecular flexibility index (Phi) is 4.91. The van der Waals surface area contributed by atoms with Crippen molar-refractivity contribution < 1.29 is 22.4 Å². The second-order valence-electron chi connectivity index (χ2n) is 6.91. The Morgan fingerprint density at radius 3 is 2.76 bits per heavy atom. The number of sulfone groups is 1. The number of hydrogen-bond acceptors (Lipinski definition) is 6. The normalized spacial score (nSPS) is 21.1. The van der Waals surface area contributed by atoms with E-state index in [-0.39, 0.29) is 47.3 Å². The molecule has 0 spiro atoms. The molecular weight excluding hydrogens is 401 g/mol. The van der Waals surface area contributed by atoms with Crippen LogP contribution in [0.5, 0.6) is 0 Å².